The first-order chi connectivity index (χ1) is 1.73. The zero-order chi connectivity index (χ0) is 3.58. The van der Waals surface area contributed by atoms with Crippen molar-refractivity contribution in [1.29, 1.82) is 0 Å². The van der Waals surface area contributed by atoms with Gasteiger partial charge in [0.1, 0.15) is 0 Å². The molecule has 4 heavy (non-hydrogen) atoms. The van der Waals surface area contributed by atoms with Crippen molar-refractivity contribution >= 4 is 22.8 Å². The fourth-order valence-corrected chi connectivity index (χ4v) is 0. The van der Waals surface area contributed by atoms with Crippen molar-refractivity contribution in [2.75, 3.05) is 14.1 Å². The monoisotopic (exact) mass is 165 g/mol. The molecule has 0 unspecified atom stereocenters. The third-order valence-corrected chi connectivity index (χ3v) is 0. The van der Waals surface area contributed by atoms with E-state index in [0.29, 0.717) is 0 Å². The Bertz CT molecular complexity index is 10.8. The van der Waals surface area contributed by atoms with E-state index in [1.807, 2.05) is 0 Å². The topological polar surface area (TPSA) is 3.24 Å². The Balaban J connectivity index is 2.32. The van der Waals surface area contributed by atoms with Crippen molar-refractivity contribution in [2.45, 2.75) is 0 Å². The van der Waals surface area contributed by atoms with Crippen LogP contribution in [0.4, 0.5) is 0 Å². The van der Waals surface area contributed by atoms with Crippen LogP contribution < -0.4 is 0 Å². The molecule has 0 N–H and O–H groups in total. The average Bonchev–Trinajstić information content (AvgIpc) is 0.811. The van der Waals surface area contributed by atoms with Crippen LogP contribution in [0.25, 0.3) is 0 Å². The van der Waals surface area contributed by atoms with Crippen molar-refractivity contribution in [3.8, 4) is 0 Å². The van der Waals surface area contributed by atoms with E-state index in [2.05, 4.69) is 17.2 Å². The predicted octanol–water partition coefficient (Wildman–Crippen LogP) is -0.636. The van der Waals surface area contributed by atoms with Crippen LogP contribution in [0, 0.1) is 0 Å². The van der Waals surface area contributed by atoms with Gasteiger partial charge in [-0.1, -0.05) is 0 Å². The quantitative estimate of drug-likeness (QED) is 0.430. The normalized spacial score (nSPS) is 9.00. The van der Waals surface area contributed by atoms with Gasteiger partial charge in [-0.15, -0.1) is 0 Å². The summed E-state index contributed by atoms with van der Waals surface area (Å²) in [6, 6.07) is 0. The molecule has 0 amide bonds. The molecule has 0 heterocycles. The van der Waals surface area contributed by atoms with E-state index in [4.69, 9.17) is 0 Å². The summed E-state index contributed by atoms with van der Waals surface area (Å²) in [7, 11) is 4.12. The SMILES string of the molecule is C[N](C)[SnH]. The fourth-order valence-electron chi connectivity index (χ4n) is 0. The molecule has 0 fully saturated rings. The Labute approximate surface area is 40.4 Å². The van der Waals surface area contributed by atoms with Crippen LogP contribution in [0.1, 0.15) is 0 Å². The number of nitrogens with zero attached hydrogens (tertiary/aromatic N) is 1. The van der Waals surface area contributed by atoms with E-state index in [-0.39, 0.29) is 0 Å². The predicted molar refractivity (Wildman–Crippen MR) is 20.8 cm³/mol. The maximum atomic E-state index is 2.13. The first-order valence-electron chi connectivity index (χ1n) is 1.15. The van der Waals surface area contributed by atoms with E-state index in [9.17, 15) is 0 Å². The number of rotatable bonds is 0. The van der Waals surface area contributed by atoms with Crippen LogP contribution in [-0.2, 0) is 0 Å². The summed E-state index contributed by atoms with van der Waals surface area (Å²) < 4.78 is 2.13. The standard InChI is InChI=1S/C2H6N.Sn.H/c1-3-2;;/h1-2H3;;/q-1;+1;. The maximum absolute atomic E-state index is 2.13. The van der Waals surface area contributed by atoms with Gasteiger partial charge in [-0.2, -0.15) is 0 Å². The van der Waals surface area contributed by atoms with Crippen molar-refractivity contribution in [1.82, 2.24) is 3.12 Å². The summed E-state index contributed by atoms with van der Waals surface area (Å²) in [5, 5.41) is 0. The van der Waals surface area contributed by atoms with E-state index < -0.39 is 0 Å². The van der Waals surface area contributed by atoms with Gasteiger partial charge in [0.15, 0.2) is 0 Å². The molecular weight excluding hydrogens is 157 g/mol. The van der Waals surface area contributed by atoms with Crippen LogP contribution in [-0.4, -0.2) is 40.0 Å². The first kappa shape index (κ1) is 4.76. The second-order valence-electron chi connectivity index (χ2n) is 0.964. The summed E-state index contributed by atoms with van der Waals surface area (Å²) in [6.45, 7) is 0. The number of hydrogen-bond acceptors (Lipinski definition) is 1. The minimum absolute atomic E-state index is 1.23. The Hall–Kier alpha value is 0.759. The third kappa shape index (κ3) is 14.8. The molecule has 0 atom stereocenters. The molecule has 0 rings (SSSR count). The van der Waals surface area contributed by atoms with Crippen molar-refractivity contribution in [3.05, 3.63) is 0 Å². The molecule has 2 radical (unpaired) electrons. The van der Waals surface area contributed by atoms with Crippen molar-refractivity contribution in [3.63, 3.8) is 0 Å². The Morgan fingerprint density at radius 3 is 1.50 bits per heavy atom. The van der Waals surface area contributed by atoms with Crippen molar-refractivity contribution in [2.24, 2.45) is 0 Å². The van der Waals surface area contributed by atoms with Gasteiger partial charge >= 0.3 is 40.0 Å². The van der Waals surface area contributed by atoms with E-state index in [0.717, 1.165) is 0 Å². The molecular formula is C2H7NSn. The molecule has 24 valence electrons. The molecule has 0 spiro atoms. The fraction of sp³-hybridized carbons (Fsp3) is 1.00. The molecule has 2 heteroatoms. The zero-order valence-electron chi connectivity index (χ0n) is 3.02. The van der Waals surface area contributed by atoms with Crippen LogP contribution >= 0.6 is 0 Å². The Morgan fingerprint density at radius 1 is 1.50 bits per heavy atom. The van der Waals surface area contributed by atoms with Crippen LogP contribution in [0.15, 0.2) is 0 Å². The summed E-state index contributed by atoms with van der Waals surface area (Å²) in [5.74, 6) is 0. The van der Waals surface area contributed by atoms with Gasteiger partial charge in [0.2, 0.25) is 0 Å². The van der Waals surface area contributed by atoms with Gasteiger partial charge in [-0.25, -0.2) is 0 Å². The zero-order valence-corrected chi connectivity index (χ0v) is 6.32. The van der Waals surface area contributed by atoms with Gasteiger partial charge in [-0.3, -0.25) is 0 Å². The van der Waals surface area contributed by atoms with E-state index in [1.54, 1.807) is 0 Å². The van der Waals surface area contributed by atoms with E-state index in [1.165, 1.54) is 22.8 Å². The van der Waals surface area contributed by atoms with Gasteiger partial charge in [0.25, 0.3) is 0 Å². The van der Waals surface area contributed by atoms with Gasteiger partial charge in [0, 0.05) is 0 Å². The van der Waals surface area contributed by atoms with Gasteiger partial charge in [-0.05, 0) is 0 Å². The Morgan fingerprint density at radius 2 is 1.50 bits per heavy atom. The Kier molecular flexibility index (Phi) is 2.41. The molecule has 0 aromatic carbocycles. The molecule has 0 aliphatic carbocycles. The molecule has 0 aromatic rings. The second kappa shape index (κ2) is 2.02. The van der Waals surface area contributed by atoms with Gasteiger partial charge in [0.05, 0.1) is 0 Å². The summed E-state index contributed by atoms with van der Waals surface area (Å²) in [6.07, 6.45) is 0. The second-order valence-corrected chi connectivity index (χ2v) is 3.91. The van der Waals surface area contributed by atoms with Gasteiger partial charge < -0.3 is 0 Å². The summed E-state index contributed by atoms with van der Waals surface area (Å²) in [5.41, 5.74) is 0. The van der Waals surface area contributed by atoms with Crippen molar-refractivity contribution < 1.29 is 0 Å². The van der Waals surface area contributed by atoms with Crippen LogP contribution in [0.5, 0.6) is 0 Å². The molecule has 0 aliphatic heterocycles. The third-order valence-electron chi connectivity index (χ3n) is 0. The molecule has 0 aromatic heterocycles. The first-order valence-corrected chi connectivity index (χ1v) is 2.63. The molecule has 0 saturated carbocycles. The summed E-state index contributed by atoms with van der Waals surface area (Å²) >= 11 is 1.23. The average molecular weight is 164 g/mol. The van der Waals surface area contributed by atoms with Crippen LogP contribution in [0.2, 0.25) is 0 Å². The van der Waals surface area contributed by atoms with E-state index >= 15 is 0 Å². The molecule has 0 bridgehead atoms. The molecule has 0 saturated heterocycles. The minimum atomic E-state index is 1.23. The number of hydrogen-bond donors (Lipinski definition) is 0. The summed E-state index contributed by atoms with van der Waals surface area (Å²) in [4.78, 5) is 0. The molecule has 0 aliphatic rings. The molecule has 1 nitrogen and oxygen atoms in total. The van der Waals surface area contributed by atoms with Crippen LogP contribution in [0.3, 0.4) is 0 Å².